The second kappa shape index (κ2) is 6.39. The minimum atomic E-state index is -5.36. The quantitative estimate of drug-likeness (QED) is 0.690. The summed E-state index contributed by atoms with van der Waals surface area (Å²) in [5.41, 5.74) is -4.01. The minimum Gasteiger partial charge on any atom is -0.392 e. The molecule has 1 aliphatic rings. The number of nitrogens with zero attached hydrogens (tertiary/aromatic N) is 2. The molecule has 2 N–H and O–H groups in total. The molecule has 1 heterocycles. The Morgan fingerprint density at radius 3 is 1.97 bits per heavy atom. The molecule has 1 fully saturated rings. The molecule has 0 bridgehead atoms. The minimum absolute atomic E-state index is 0.234. The molecule has 0 amide bonds. The maximum atomic E-state index is 13.4. The highest BCUT2D eigenvalue weighted by Gasteiger charge is 2.43. The third-order valence-corrected chi connectivity index (χ3v) is 4.22. The summed E-state index contributed by atoms with van der Waals surface area (Å²) in [5, 5.41) is 0. The van der Waals surface area contributed by atoms with Crippen LogP contribution in [0.5, 0.6) is 0 Å². The highest BCUT2D eigenvalue weighted by molar-refractivity contribution is 5.65. The van der Waals surface area contributed by atoms with Crippen LogP contribution in [0, 0.1) is 0 Å². The van der Waals surface area contributed by atoms with E-state index in [4.69, 9.17) is 5.73 Å². The number of aromatic nitrogens is 2. The number of hydrogen-bond donors (Lipinski definition) is 1. The van der Waals surface area contributed by atoms with Crippen molar-refractivity contribution in [2.24, 2.45) is 0 Å². The van der Waals surface area contributed by atoms with E-state index >= 15 is 0 Å². The van der Waals surface area contributed by atoms with Crippen molar-refractivity contribution in [2.75, 3.05) is 5.73 Å². The van der Waals surface area contributed by atoms with Crippen molar-refractivity contribution >= 4 is 5.69 Å². The lowest BCUT2D eigenvalue weighted by atomic mass is 10.0. The zero-order valence-electron chi connectivity index (χ0n) is 14.0. The van der Waals surface area contributed by atoms with E-state index < -0.39 is 64.0 Å². The van der Waals surface area contributed by atoms with Gasteiger partial charge in [-0.2, -0.15) is 39.5 Å². The van der Waals surface area contributed by atoms with Gasteiger partial charge < -0.3 is 5.73 Å². The van der Waals surface area contributed by atoms with E-state index in [-0.39, 0.29) is 25.0 Å². The van der Waals surface area contributed by atoms with Crippen molar-refractivity contribution in [1.82, 2.24) is 9.55 Å². The van der Waals surface area contributed by atoms with E-state index in [1.807, 2.05) is 0 Å². The summed E-state index contributed by atoms with van der Waals surface area (Å²) < 4.78 is 119. The molecule has 0 radical (unpaired) electrons. The summed E-state index contributed by atoms with van der Waals surface area (Å²) in [6.07, 6.45) is -15.2. The largest absolute Gasteiger partial charge is 0.435 e. The first kappa shape index (κ1) is 21.0. The number of anilines is 1. The molecule has 1 aliphatic carbocycles. The van der Waals surface area contributed by atoms with Gasteiger partial charge in [0.25, 0.3) is 5.56 Å². The van der Waals surface area contributed by atoms with Gasteiger partial charge in [-0.05, 0) is 25.0 Å². The number of nitrogen functional groups attached to an aromatic ring is 1. The van der Waals surface area contributed by atoms with Crippen LogP contribution in [0.3, 0.4) is 0 Å². The SMILES string of the molecule is Nc1c(C(F)(F)F)nc(-c2ccc(C(F)(F)F)cc2C(F)(F)F)n(C2CC2)c1=O. The van der Waals surface area contributed by atoms with E-state index in [1.54, 1.807) is 0 Å². The van der Waals surface area contributed by atoms with Crippen molar-refractivity contribution in [1.29, 1.82) is 0 Å². The summed E-state index contributed by atoms with van der Waals surface area (Å²) in [6, 6.07) is -0.360. The van der Waals surface area contributed by atoms with Gasteiger partial charge >= 0.3 is 18.5 Å². The lowest BCUT2D eigenvalue weighted by molar-refractivity contribution is -0.142. The van der Waals surface area contributed by atoms with Crippen molar-refractivity contribution in [2.45, 2.75) is 37.4 Å². The fraction of sp³-hybridized carbons (Fsp3) is 0.375. The van der Waals surface area contributed by atoms with Crippen molar-refractivity contribution in [3.05, 3.63) is 45.4 Å². The molecule has 1 aromatic heterocycles. The molecule has 3 rings (SSSR count). The molecule has 0 spiro atoms. The average molecular weight is 431 g/mol. The van der Waals surface area contributed by atoms with Crippen LogP contribution in [0.1, 0.15) is 35.7 Å². The Labute approximate surface area is 155 Å². The van der Waals surface area contributed by atoms with Gasteiger partial charge in [0.1, 0.15) is 11.5 Å². The second-order valence-electron chi connectivity index (χ2n) is 6.36. The number of halogens is 9. The summed E-state index contributed by atoms with van der Waals surface area (Å²) in [4.78, 5) is 15.5. The van der Waals surface area contributed by atoms with Crippen LogP contribution < -0.4 is 11.3 Å². The maximum Gasteiger partial charge on any atom is 0.435 e. The average Bonchev–Trinajstić information content (AvgIpc) is 3.38. The topological polar surface area (TPSA) is 60.9 Å². The summed E-state index contributed by atoms with van der Waals surface area (Å²) in [7, 11) is 0. The number of alkyl halides is 9. The highest BCUT2D eigenvalue weighted by atomic mass is 19.4. The number of hydrogen-bond acceptors (Lipinski definition) is 3. The van der Waals surface area contributed by atoms with Gasteiger partial charge in [-0.25, -0.2) is 4.98 Å². The molecule has 0 unspecified atom stereocenters. The van der Waals surface area contributed by atoms with Crippen LogP contribution >= 0.6 is 0 Å². The monoisotopic (exact) mass is 431 g/mol. The lowest BCUT2D eigenvalue weighted by Gasteiger charge is -2.20. The molecule has 0 saturated heterocycles. The van der Waals surface area contributed by atoms with E-state index in [0.29, 0.717) is 10.6 Å². The standard InChI is InChI=1S/C16H10F9N3O/c17-14(18,19)6-1-4-8(9(5-6)15(20,21)22)12-27-11(16(23,24)25)10(26)13(29)28(12)7-2-3-7/h1,4-5,7H,2-3,26H2. The Hall–Kier alpha value is -2.73. The molecule has 158 valence electrons. The van der Waals surface area contributed by atoms with E-state index in [1.165, 1.54) is 0 Å². The van der Waals surface area contributed by atoms with Crippen LogP contribution in [0.4, 0.5) is 45.2 Å². The van der Waals surface area contributed by atoms with Crippen LogP contribution in [0.2, 0.25) is 0 Å². The maximum absolute atomic E-state index is 13.4. The molecule has 0 atom stereocenters. The first-order chi connectivity index (χ1) is 13.1. The zero-order chi connectivity index (χ0) is 21.9. The van der Waals surface area contributed by atoms with Gasteiger partial charge in [0.15, 0.2) is 5.69 Å². The van der Waals surface area contributed by atoms with Gasteiger partial charge in [0.2, 0.25) is 0 Å². The van der Waals surface area contributed by atoms with E-state index in [0.717, 1.165) is 0 Å². The molecular formula is C16H10F9N3O. The second-order valence-corrected chi connectivity index (χ2v) is 6.36. The van der Waals surface area contributed by atoms with Gasteiger partial charge in [0, 0.05) is 11.6 Å². The third kappa shape index (κ3) is 3.90. The Morgan fingerprint density at radius 1 is 0.931 bits per heavy atom. The van der Waals surface area contributed by atoms with Crippen LogP contribution in [0.15, 0.2) is 23.0 Å². The fourth-order valence-electron chi connectivity index (χ4n) is 2.77. The molecule has 0 aliphatic heterocycles. The molecule has 13 heteroatoms. The Balaban J connectivity index is 2.39. The summed E-state index contributed by atoms with van der Waals surface area (Å²) in [5.74, 6) is -1.04. The van der Waals surface area contributed by atoms with Crippen molar-refractivity contribution in [3.8, 4) is 11.4 Å². The molecular weight excluding hydrogens is 421 g/mol. The van der Waals surface area contributed by atoms with Gasteiger partial charge in [-0.1, -0.05) is 6.07 Å². The molecule has 4 nitrogen and oxygen atoms in total. The van der Waals surface area contributed by atoms with Crippen molar-refractivity contribution in [3.63, 3.8) is 0 Å². The van der Waals surface area contributed by atoms with Crippen molar-refractivity contribution < 1.29 is 39.5 Å². The smallest absolute Gasteiger partial charge is 0.392 e. The fourth-order valence-corrected chi connectivity index (χ4v) is 2.77. The van der Waals surface area contributed by atoms with Gasteiger partial charge in [-0.3, -0.25) is 9.36 Å². The molecule has 1 saturated carbocycles. The molecule has 1 aromatic carbocycles. The van der Waals surface area contributed by atoms with Gasteiger partial charge in [-0.15, -0.1) is 0 Å². The summed E-state index contributed by atoms with van der Waals surface area (Å²) >= 11 is 0. The first-order valence-electron chi connectivity index (χ1n) is 7.90. The predicted molar refractivity (Wildman–Crippen MR) is 81.6 cm³/mol. The lowest BCUT2D eigenvalue weighted by Crippen LogP contribution is -2.30. The van der Waals surface area contributed by atoms with Crippen LogP contribution in [-0.4, -0.2) is 9.55 Å². The molecule has 29 heavy (non-hydrogen) atoms. The summed E-state index contributed by atoms with van der Waals surface area (Å²) in [6.45, 7) is 0. The number of nitrogens with two attached hydrogens (primary N) is 1. The van der Waals surface area contributed by atoms with E-state index in [9.17, 15) is 44.3 Å². The normalized spacial score (nSPS) is 15.6. The van der Waals surface area contributed by atoms with Gasteiger partial charge in [0.05, 0.1) is 11.1 Å². The third-order valence-electron chi connectivity index (χ3n) is 4.22. The van der Waals surface area contributed by atoms with E-state index in [2.05, 4.69) is 4.98 Å². The zero-order valence-corrected chi connectivity index (χ0v) is 14.0. The number of rotatable bonds is 2. The Kier molecular flexibility index (Phi) is 4.62. The molecule has 2 aromatic rings. The van der Waals surface area contributed by atoms with Crippen LogP contribution in [-0.2, 0) is 18.5 Å². The highest BCUT2D eigenvalue weighted by Crippen LogP contribution is 2.44. The van der Waals surface area contributed by atoms with Crippen LogP contribution in [0.25, 0.3) is 11.4 Å². The Morgan fingerprint density at radius 2 is 1.52 bits per heavy atom. The Bertz CT molecular complexity index is 1010. The predicted octanol–water partition coefficient (Wildman–Crippen LogP) is 4.88. The number of benzene rings is 1. The first-order valence-corrected chi connectivity index (χ1v) is 7.90.